The molecule has 1 unspecified atom stereocenters. The number of halogens is 1. The highest BCUT2D eigenvalue weighted by molar-refractivity contribution is 6.33. The summed E-state index contributed by atoms with van der Waals surface area (Å²) < 4.78 is 7.53. The summed E-state index contributed by atoms with van der Waals surface area (Å²) in [5.74, 6) is 0.962. The SMILES string of the molecule is CCn1ccnc1C(NC(=O)c1ccncc1Cl)C1CCOCC1. The third-order valence-corrected chi connectivity index (χ3v) is 4.71. The van der Waals surface area contributed by atoms with Crippen LogP contribution in [0.3, 0.4) is 0 Å². The third kappa shape index (κ3) is 3.60. The zero-order chi connectivity index (χ0) is 16.9. The Morgan fingerprint density at radius 2 is 2.25 bits per heavy atom. The van der Waals surface area contributed by atoms with Gasteiger partial charge in [-0.3, -0.25) is 9.78 Å². The number of aromatic nitrogens is 3. The van der Waals surface area contributed by atoms with E-state index in [1.54, 1.807) is 18.5 Å². The average Bonchev–Trinajstić information content (AvgIpc) is 3.09. The molecule has 1 saturated heterocycles. The minimum absolute atomic E-state index is 0.166. The van der Waals surface area contributed by atoms with Gasteiger partial charge in [0.05, 0.1) is 16.6 Å². The number of ether oxygens (including phenoxy) is 1. The van der Waals surface area contributed by atoms with E-state index in [2.05, 4.69) is 26.8 Å². The zero-order valence-electron chi connectivity index (χ0n) is 13.6. The van der Waals surface area contributed by atoms with E-state index in [0.717, 1.165) is 25.2 Å². The van der Waals surface area contributed by atoms with Crippen LogP contribution in [0.15, 0.2) is 30.9 Å². The largest absolute Gasteiger partial charge is 0.381 e. The summed E-state index contributed by atoms with van der Waals surface area (Å²) in [5.41, 5.74) is 0.429. The smallest absolute Gasteiger partial charge is 0.253 e. The lowest BCUT2D eigenvalue weighted by atomic mass is 9.90. The van der Waals surface area contributed by atoms with Gasteiger partial charge in [0, 0.05) is 44.5 Å². The monoisotopic (exact) mass is 348 g/mol. The van der Waals surface area contributed by atoms with Crippen molar-refractivity contribution in [3.63, 3.8) is 0 Å². The van der Waals surface area contributed by atoms with Crippen LogP contribution in [0.2, 0.25) is 5.02 Å². The van der Waals surface area contributed by atoms with Crippen molar-refractivity contribution in [1.29, 1.82) is 0 Å². The van der Waals surface area contributed by atoms with Crippen molar-refractivity contribution >= 4 is 17.5 Å². The van der Waals surface area contributed by atoms with Gasteiger partial charge in [0.15, 0.2) is 0 Å². The molecular formula is C17H21ClN4O2. The number of nitrogens with one attached hydrogen (secondary N) is 1. The second-order valence-corrected chi connectivity index (χ2v) is 6.24. The van der Waals surface area contributed by atoms with Crippen molar-refractivity contribution in [3.05, 3.63) is 47.3 Å². The van der Waals surface area contributed by atoms with Crippen molar-refractivity contribution in [2.75, 3.05) is 13.2 Å². The van der Waals surface area contributed by atoms with Gasteiger partial charge in [0.1, 0.15) is 5.82 Å². The fourth-order valence-electron chi connectivity index (χ4n) is 3.09. The van der Waals surface area contributed by atoms with E-state index in [4.69, 9.17) is 16.3 Å². The molecule has 0 radical (unpaired) electrons. The number of aryl methyl sites for hydroxylation is 1. The Hall–Kier alpha value is -1.92. The van der Waals surface area contributed by atoms with Crippen LogP contribution in [0.5, 0.6) is 0 Å². The lowest BCUT2D eigenvalue weighted by molar-refractivity contribution is 0.0498. The summed E-state index contributed by atoms with van der Waals surface area (Å²) in [6.07, 6.45) is 8.55. The molecule has 0 bridgehead atoms. The van der Waals surface area contributed by atoms with Crippen molar-refractivity contribution in [2.24, 2.45) is 5.92 Å². The van der Waals surface area contributed by atoms with Gasteiger partial charge in [-0.2, -0.15) is 0 Å². The summed E-state index contributed by atoms with van der Waals surface area (Å²) in [5, 5.41) is 3.48. The average molecular weight is 349 g/mol. The molecule has 1 amide bonds. The Morgan fingerprint density at radius 1 is 1.46 bits per heavy atom. The molecule has 1 atom stereocenters. The van der Waals surface area contributed by atoms with Crippen LogP contribution in [0.1, 0.15) is 42.0 Å². The number of rotatable bonds is 5. The van der Waals surface area contributed by atoms with E-state index < -0.39 is 0 Å². The Kier molecular flexibility index (Phi) is 5.48. The predicted molar refractivity (Wildman–Crippen MR) is 90.9 cm³/mol. The molecule has 2 aromatic rings. The quantitative estimate of drug-likeness (QED) is 0.902. The first-order valence-electron chi connectivity index (χ1n) is 8.19. The van der Waals surface area contributed by atoms with Crippen molar-refractivity contribution in [3.8, 4) is 0 Å². The van der Waals surface area contributed by atoms with Crippen molar-refractivity contribution in [1.82, 2.24) is 19.9 Å². The molecular weight excluding hydrogens is 328 g/mol. The molecule has 1 aliphatic heterocycles. The number of imidazole rings is 1. The van der Waals surface area contributed by atoms with Gasteiger partial charge in [-0.15, -0.1) is 0 Å². The molecule has 0 aromatic carbocycles. The Morgan fingerprint density at radius 3 is 2.96 bits per heavy atom. The third-order valence-electron chi connectivity index (χ3n) is 4.41. The van der Waals surface area contributed by atoms with Crippen LogP contribution in [0.4, 0.5) is 0 Å². The summed E-state index contributed by atoms with van der Waals surface area (Å²) in [6.45, 7) is 4.29. The minimum Gasteiger partial charge on any atom is -0.381 e. The molecule has 1 N–H and O–H groups in total. The van der Waals surface area contributed by atoms with Crippen LogP contribution in [-0.2, 0) is 11.3 Å². The molecule has 2 aromatic heterocycles. The maximum Gasteiger partial charge on any atom is 0.253 e. The zero-order valence-corrected chi connectivity index (χ0v) is 14.4. The Balaban J connectivity index is 1.87. The van der Waals surface area contributed by atoms with Crippen molar-refractivity contribution < 1.29 is 9.53 Å². The highest BCUT2D eigenvalue weighted by atomic mass is 35.5. The van der Waals surface area contributed by atoms with E-state index in [9.17, 15) is 4.79 Å². The van der Waals surface area contributed by atoms with E-state index in [-0.39, 0.29) is 17.9 Å². The number of hydrogen-bond acceptors (Lipinski definition) is 4. The number of carbonyl (C=O) groups is 1. The summed E-state index contributed by atoms with van der Waals surface area (Å²) in [4.78, 5) is 21.1. The molecule has 3 heterocycles. The van der Waals surface area contributed by atoms with Crippen LogP contribution in [0.25, 0.3) is 0 Å². The number of pyridine rings is 1. The number of nitrogens with zero attached hydrogens (tertiary/aromatic N) is 3. The molecule has 1 aliphatic rings. The molecule has 3 rings (SSSR count). The fourth-order valence-corrected chi connectivity index (χ4v) is 3.29. The highest BCUT2D eigenvalue weighted by Gasteiger charge is 2.30. The van der Waals surface area contributed by atoms with Gasteiger partial charge < -0.3 is 14.6 Å². The summed E-state index contributed by atoms with van der Waals surface area (Å²) >= 11 is 6.11. The van der Waals surface area contributed by atoms with Crippen LogP contribution < -0.4 is 5.32 Å². The molecule has 0 spiro atoms. The minimum atomic E-state index is -0.204. The molecule has 128 valence electrons. The first-order chi connectivity index (χ1) is 11.7. The Labute approximate surface area is 146 Å². The molecule has 0 aliphatic carbocycles. The van der Waals surface area contributed by atoms with Crippen molar-refractivity contribution in [2.45, 2.75) is 32.4 Å². The fraction of sp³-hybridized carbons (Fsp3) is 0.471. The summed E-state index contributed by atoms with van der Waals surface area (Å²) in [6, 6.07) is 1.46. The normalized spacial score (nSPS) is 16.8. The number of hydrogen-bond donors (Lipinski definition) is 1. The van der Waals surface area contributed by atoms with Crippen LogP contribution >= 0.6 is 11.6 Å². The molecule has 1 fully saturated rings. The molecule has 24 heavy (non-hydrogen) atoms. The van der Waals surface area contributed by atoms with Gasteiger partial charge in [-0.05, 0) is 31.7 Å². The van der Waals surface area contributed by atoms with Gasteiger partial charge in [-0.1, -0.05) is 11.6 Å². The second kappa shape index (κ2) is 7.77. The number of carbonyl (C=O) groups excluding carboxylic acids is 1. The maximum atomic E-state index is 12.7. The van der Waals surface area contributed by atoms with E-state index in [1.807, 2.05) is 6.20 Å². The van der Waals surface area contributed by atoms with Gasteiger partial charge in [0.25, 0.3) is 5.91 Å². The Bertz CT molecular complexity index is 697. The van der Waals surface area contributed by atoms with Gasteiger partial charge >= 0.3 is 0 Å². The lowest BCUT2D eigenvalue weighted by Crippen LogP contribution is -2.37. The van der Waals surface area contributed by atoms with Crippen LogP contribution in [0, 0.1) is 5.92 Å². The molecule has 6 nitrogen and oxygen atoms in total. The van der Waals surface area contributed by atoms with E-state index in [0.29, 0.717) is 23.8 Å². The first-order valence-corrected chi connectivity index (χ1v) is 8.57. The lowest BCUT2D eigenvalue weighted by Gasteiger charge is -2.31. The highest BCUT2D eigenvalue weighted by Crippen LogP contribution is 2.30. The second-order valence-electron chi connectivity index (χ2n) is 5.83. The van der Waals surface area contributed by atoms with Gasteiger partial charge in [0.2, 0.25) is 0 Å². The maximum absolute atomic E-state index is 12.7. The van der Waals surface area contributed by atoms with E-state index >= 15 is 0 Å². The summed E-state index contributed by atoms with van der Waals surface area (Å²) in [7, 11) is 0. The molecule has 0 saturated carbocycles. The van der Waals surface area contributed by atoms with Crippen LogP contribution in [-0.4, -0.2) is 33.7 Å². The topological polar surface area (TPSA) is 69.0 Å². The standard InChI is InChI=1S/C17H21ClN4O2/c1-2-22-8-7-20-16(22)15(12-4-9-24-10-5-12)21-17(23)13-3-6-19-11-14(13)18/h3,6-8,11-12,15H,2,4-5,9-10H2,1H3,(H,21,23). The first kappa shape index (κ1) is 16.9. The van der Waals surface area contributed by atoms with E-state index in [1.165, 1.54) is 6.20 Å². The van der Waals surface area contributed by atoms with Gasteiger partial charge in [-0.25, -0.2) is 4.98 Å². The molecule has 7 heteroatoms. The number of amides is 1. The predicted octanol–water partition coefficient (Wildman–Crippen LogP) is 2.85.